The molecule has 124 valence electrons. The molecule has 0 radical (unpaired) electrons. The van der Waals surface area contributed by atoms with Crippen molar-refractivity contribution in [2.45, 2.75) is 90.6 Å². The predicted octanol–water partition coefficient (Wildman–Crippen LogP) is 4.43. The van der Waals surface area contributed by atoms with E-state index in [-0.39, 0.29) is 0 Å². The maximum absolute atomic E-state index is 6.36. The Bertz CT molecular complexity index is 309. The molecule has 2 nitrogen and oxygen atoms in total. The van der Waals surface area contributed by atoms with Crippen LogP contribution in [-0.2, 0) is 0 Å². The normalized spacial score (nSPS) is 30.6. The Morgan fingerprint density at radius 2 is 1.81 bits per heavy atom. The largest absolute Gasteiger partial charge is 0.329 e. The molecule has 2 aliphatic carbocycles. The number of rotatable bonds is 8. The molecule has 2 unspecified atom stereocenters. The van der Waals surface area contributed by atoms with Gasteiger partial charge in [0.2, 0.25) is 0 Å². The molecule has 2 heteroatoms. The molecule has 2 saturated carbocycles. The molecule has 0 bridgehead atoms. The predicted molar refractivity (Wildman–Crippen MR) is 92.4 cm³/mol. The molecule has 0 aromatic heterocycles. The van der Waals surface area contributed by atoms with E-state index in [9.17, 15) is 0 Å². The summed E-state index contributed by atoms with van der Waals surface area (Å²) >= 11 is 0. The number of hydrogen-bond acceptors (Lipinski definition) is 2. The number of nitrogens with zero attached hydrogens (tertiary/aromatic N) is 1. The molecule has 0 spiro atoms. The van der Waals surface area contributed by atoms with Crippen molar-refractivity contribution in [2.24, 2.45) is 23.5 Å². The van der Waals surface area contributed by atoms with E-state index < -0.39 is 0 Å². The van der Waals surface area contributed by atoms with Crippen LogP contribution < -0.4 is 5.73 Å². The van der Waals surface area contributed by atoms with Crippen molar-refractivity contribution in [2.75, 3.05) is 13.1 Å². The molecule has 21 heavy (non-hydrogen) atoms. The summed E-state index contributed by atoms with van der Waals surface area (Å²) in [6.45, 7) is 11.6. The maximum Gasteiger partial charge on any atom is 0.0337 e. The lowest BCUT2D eigenvalue weighted by Gasteiger charge is -2.49. The van der Waals surface area contributed by atoms with Gasteiger partial charge in [0, 0.05) is 18.1 Å². The Morgan fingerprint density at radius 3 is 2.33 bits per heavy atom. The van der Waals surface area contributed by atoms with Crippen LogP contribution in [0.15, 0.2) is 0 Å². The van der Waals surface area contributed by atoms with Crippen molar-refractivity contribution in [3.05, 3.63) is 0 Å². The summed E-state index contributed by atoms with van der Waals surface area (Å²) in [5, 5.41) is 0. The maximum atomic E-state index is 6.36. The average molecular weight is 295 g/mol. The summed E-state index contributed by atoms with van der Waals surface area (Å²) in [6.07, 6.45) is 11.1. The van der Waals surface area contributed by atoms with Gasteiger partial charge in [-0.15, -0.1) is 0 Å². The van der Waals surface area contributed by atoms with Crippen LogP contribution in [0.4, 0.5) is 0 Å². The van der Waals surface area contributed by atoms with Crippen molar-refractivity contribution < 1.29 is 0 Å². The lowest BCUT2D eigenvalue weighted by Crippen LogP contribution is -2.57. The van der Waals surface area contributed by atoms with Crippen LogP contribution in [-0.4, -0.2) is 29.6 Å². The van der Waals surface area contributed by atoms with Crippen LogP contribution in [0.25, 0.3) is 0 Å². The van der Waals surface area contributed by atoms with Gasteiger partial charge < -0.3 is 5.73 Å². The summed E-state index contributed by atoms with van der Waals surface area (Å²) in [5.74, 6) is 2.53. The van der Waals surface area contributed by atoms with E-state index in [1.807, 2.05) is 0 Å². The highest BCUT2D eigenvalue weighted by Gasteiger charge is 2.45. The Balaban J connectivity index is 2.05. The fourth-order valence-electron chi connectivity index (χ4n) is 4.48. The van der Waals surface area contributed by atoms with Crippen LogP contribution in [0.2, 0.25) is 0 Å². The molecule has 0 aromatic carbocycles. The van der Waals surface area contributed by atoms with Gasteiger partial charge in [0.1, 0.15) is 0 Å². The van der Waals surface area contributed by atoms with Crippen molar-refractivity contribution in [1.82, 2.24) is 4.90 Å². The first kappa shape index (κ1) is 17.3. The Hall–Kier alpha value is -0.0800. The molecule has 0 amide bonds. The molecule has 2 N–H and O–H groups in total. The van der Waals surface area contributed by atoms with E-state index in [2.05, 4.69) is 32.6 Å². The molecule has 2 aliphatic rings. The van der Waals surface area contributed by atoms with Crippen LogP contribution in [0, 0.1) is 17.8 Å². The van der Waals surface area contributed by atoms with E-state index in [1.54, 1.807) is 0 Å². The van der Waals surface area contributed by atoms with Crippen molar-refractivity contribution in [3.8, 4) is 0 Å². The first-order chi connectivity index (χ1) is 9.97. The monoisotopic (exact) mass is 294 g/mol. The van der Waals surface area contributed by atoms with Gasteiger partial charge in [-0.3, -0.25) is 4.90 Å². The second-order valence-electron chi connectivity index (χ2n) is 8.63. The molecule has 2 fully saturated rings. The molecule has 0 heterocycles. The van der Waals surface area contributed by atoms with Crippen LogP contribution >= 0.6 is 0 Å². The Labute approximate surface area is 132 Å². The third-order valence-corrected chi connectivity index (χ3v) is 5.65. The average Bonchev–Trinajstić information content (AvgIpc) is 3.22. The van der Waals surface area contributed by atoms with E-state index in [1.165, 1.54) is 57.9 Å². The molecular formula is C19H38N2. The highest BCUT2D eigenvalue weighted by atomic mass is 15.3. The van der Waals surface area contributed by atoms with E-state index in [0.29, 0.717) is 5.54 Å². The van der Waals surface area contributed by atoms with Crippen molar-refractivity contribution >= 4 is 0 Å². The zero-order valence-electron chi connectivity index (χ0n) is 14.9. The van der Waals surface area contributed by atoms with Crippen LogP contribution in [0.3, 0.4) is 0 Å². The summed E-state index contributed by atoms with van der Waals surface area (Å²) < 4.78 is 0. The summed E-state index contributed by atoms with van der Waals surface area (Å²) in [4.78, 5) is 2.86. The van der Waals surface area contributed by atoms with Gasteiger partial charge in [0.25, 0.3) is 0 Å². The fourth-order valence-corrected chi connectivity index (χ4v) is 4.48. The Kier molecular flexibility index (Phi) is 6.14. The Morgan fingerprint density at radius 1 is 1.10 bits per heavy atom. The summed E-state index contributed by atoms with van der Waals surface area (Å²) in [5.41, 5.74) is 6.69. The number of nitrogens with two attached hydrogens (primary N) is 1. The molecular weight excluding hydrogens is 256 g/mol. The van der Waals surface area contributed by atoms with Gasteiger partial charge in [-0.25, -0.2) is 0 Å². The third-order valence-electron chi connectivity index (χ3n) is 5.65. The van der Waals surface area contributed by atoms with E-state index >= 15 is 0 Å². The zero-order chi connectivity index (χ0) is 15.5. The second kappa shape index (κ2) is 7.46. The van der Waals surface area contributed by atoms with Crippen molar-refractivity contribution in [3.63, 3.8) is 0 Å². The van der Waals surface area contributed by atoms with Crippen molar-refractivity contribution in [1.29, 1.82) is 0 Å². The SMILES string of the molecule is CC(C)CCN(C1CC1)C1(CN)CCCC(CC(C)C)C1. The molecule has 0 aromatic rings. The van der Waals surface area contributed by atoms with E-state index in [0.717, 1.165) is 30.3 Å². The third kappa shape index (κ3) is 4.69. The number of hydrogen-bond donors (Lipinski definition) is 1. The van der Waals surface area contributed by atoms with Crippen LogP contribution in [0.5, 0.6) is 0 Å². The minimum Gasteiger partial charge on any atom is -0.329 e. The molecule has 2 rings (SSSR count). The molecule has 0 saturated heterocycles. The highest BCUT2D eigenvalue weighted by molar-refractivity contribution is 5.02. The minimum absolute atomic E-state index is 0.327. The topological polar surface area (TPSA) is 29.3 Å². The van der Waals surface area contributed by atoms with Gasteiger partial charge in [0.15, 0.2) is 0 Å². The quantitative estimate of drug-likeness (QED) is 0.717. The van der Waals surface area contributed by atoms with E-state index in [4.69, 9.17) is 5.73 Å². The molecule has 0 aliphatic heterocycles. The van der Waals surface area contributed by atoms with Gasteiger partial charge in [-0.05, 0) is 62.8 Å². The zero-order valence-corrected chi connectivity index (χ0v) is 14.9. The lowest BCUT2D eigenvalue weighted by atomic mass is 9.72. The van der Waals surface area contributed by atoms with Gasteiger partial charge >= 0.3 is 0 Å². The highest BCUT2D eigenvalue weighted by Crippen LogP contribution is 2.43. The summed E-state index contributed by atoms with van der Waals surface area (Å²) in [6, 6.07) is 0.852. The first-order valence-corrected chi connectivity index (χ1v) is 9.43. The minimum atomic E-state index is 0.327. The van der Waals surface area contributed by atoms with Gasteiger partial charge in [-0.1, -0.05) is 40.5 Å². The fraction of sp³-hybridized carbons (Fsp3) is 1.00. The summed E-state index contributed by atoms with van der Waals surface area (Å²) in [7, 11) is 0. The standard InChI is InChI=1S/C19H38N2/c1-15(2)9-11-21(18-7-8-18)19(14-20)10-5-6-17(13-19)12-16(3)4/h15-18H,5-14,20H2,1-4H3. The van der Waals surface area contributed by atoms with Crippen LogP contribution in [0.1, 0.15) is 79.1 Å². The first-order valence-electron chi connectivity index (χ1n) is 9.43. The van der Waals surface area contributed by atoms with Gasteiger partial charge in [-0.2, -0.15) is 0 Å². The lowest BCUT2D eigenvalue weighted by molar-refractivity contribution is 0.0212. The second-order valence-corrected chi connectivity index (χ2v) is 8.63. The van der Waals surface area contributed by atoms with Gasteiger partial charge in [0.05, 0.1) is 0 Å². The molecule has 2 atom stereocenters. The smallest absolute Gasteiger partial charge is 0.0337 e.